The zero-order valence-corrected chi connectivity index (χ0v) is 23.5. The highest BCUT2D eigenvalue weighted by atomic mass is 79.9. The number of halogens is 3. The first-order valence-corrected chi connectivity index (χ1v) is 14.3. The lowest BCUT2D eigenvalue weighted by molar-refractivity contribution is -0.139. The normalized spacial score (nSPS) is 25.4. The predicted octanol–water partition coefficient (Wildman–Crippen LogP) is 6.93. The summed E-state index contributed by atoms with van der Waals surface area (Å²) >= 11 is 13.9. The quantitative estimate of drug-likeness (QED) is 0.379. The van der Waals surface area contributed by atoms with Crippen LogP contribution in [0.5, 0.6) is 0 Å². The third kappa shape index (κ3) is 4.98. The zero-order chi connectivity index (χ0) is 23.8. The fourth-order valence-electron chi connectivity index (χ4n) is 6.32. The number of aromatic nitrogens is 1. The summed E-state index contributed by atoms with van der Waals surface area (Å²) in [5.41, 5.74) is 5.14. The van der Waals surface area contributed by atoms with Crippen LogP contribution in [0.15, 0.2) is 33.3 Å². The topological polar surface area (TPSA) is 42.4 Å². The van der Waals surface area contributed by atoms with Gasteiger partial charge in [-0.1, -0.05) is 34.0 Å². The van der Waals surface area contributed by atoms with Crippen molar-refractivity contribution in [3.05, 3.63) is 60.7 Å². The van der Waals surface area contributed by atoms with E-state index in [1.165, 1.54) is 22.4 Å². The first-order valence-electron chi connectivity index (χ1n) is 12.4. The Hall–Kier alpha value is -0.950. The van der Waals surface area contributed by atoms with E-state index in [0.29, 0.717) is 11.8 Å². The van der Waals surface area contributed by atoms with E-state index in [4.69, 9.17) is 21.3 Å². The van der Waals surface area contributed by atoms with Crippen molar-refractivity contribution >= 4 is 49.4 Å². The summed E-state index contributed by atoms with van der Waals surface area (Å²) < 4.78 is 7.66. The number of carbonyl (C=O) groups excluding carboxylic acids is 1. The van der Waals surface area contributed by atoms with Crippen LogP contribution in [-0.2, 0) is 22.4 Å². The molecule has 0 N–H and O–H groups in total. The van der Waals surface area contributed by atoms with E-state index in [9.17, 15) is 4.79 Å². The molecule has 1 amide bonds. The van der Waals surface area contributed by atoms with Gasteiger partial charge in [-0.3, -0.25) is 9.78 Å². The number of methoxy groups -OCH3 is 1. The van der Waals surface area contributed by atoms with Crippen molar-refractivity contribution in [2.45, 2.75) is 63.4 Å². The van der Waals surface area contributed by atoms with Gasteiger partial charge < -0.3 is 9.64 Å². The maximum atomic E-state index is 13.3. The van der Waals surface area contributed by atoms with Crippen LogP contribution >= 0.6 is 43.5 Å². The molecule has 1 saturated carbocycles. The Bertz CT molecular complexity index is 1070. The number of pyridine rings is 1. The summed E-state index contributed by atoms with van der Waals surface area (Å²) in [4.78, 5) is 20.4. The molecule has 2 aromatic rings. The van der Waals surface area contributed by atoms with Crippen molar-refractivity contribution in [1.82, 2.24) is 9.88 Å². The molecule has 3 aliphatic rings. The number of amides is 1. The average Bonchev–Trinajstić information content (AvgIpc) is 3.00. The van der Waals surface area contributed by atoms with Gasteiger partial charge in [0.1, 0.15) is 0 Å². The SMILES string of the molecule is CO[C@H]1CCC[C@H](C(=O)N2CCC([C@H]3c4ncc(Br)cc4CCc4cc(Cl)cc(Br)c43)CC2)C1. The third-order valence-corrected chi connectivity index (χ3v) is 9.36. The number of rotatable bonds is 3. The largest absolute Gasteiger partial charge is 0.381 e. The van der Waals surface area contributed by atoms with Crippen molar-refractivity contribution in [2.75, 3.05) is 20.2 Å². The lowest BCUT2D eigenvalue weighted by Crippen LogP contribution is -2.44. The van der Waals surface area contributed by atoms with Crippen molar-refractivity contribution in [3.8, 4) is 0 Å². The number of hydrogen-bond acceptors (Lipinski definition) is 3. The molecule has 2 aliphatic carbocycles. The van der Waals surface area contributed by atoms with Crippen LogP contribution in [0.2, 0.25) is 5.02 Å². The number of benzene rings is 1. The number of piperidine rings is 1. The van der Waals surface area contributed by atoms with Gasteiger partial charge in [0, 0.05) is 52.2 Å². The Kier molecular flexibility index (Phi) is 7.69. The molecule has 1 aliphatic heterocycles. The van der Waals surface area contributed by atoms with Crippen LogP contribution in [0.4, 0.5) is 0 Å². The van der Waals surface area contributed by atoms with Crippen LogP contribution in [0.25, 0.3) is 0 Å². The van der Waals surface area contributed by atoms with Gasteiger partial charge in [-0.25, -0.2) is 0 Å². The zero-order valence-electron chi connectivity index (χ0n) is 19.5. The summed E-state index contributed by atoms with van der Waals surface area (Å²) in [6.07, 6.45) is 10.1. The predicted molar refractivity (Wildman–Crippen MR) is 142 cm³/mol. The van der Waals surface area contributed by atoms with Crippen LogP contribution in [0, 0.1) is 11.8 Å². The Balaban J connectivity index is 1.40. The molecule has 1 aromatic heterocycles. The molecule has 5 rings (SSSR count). The maximum absolute atomic E-state index is 13.3. The van der Waals surface area contributed by atoms with E-state index in [1.54, 1.807) is 7.11 Å². The molecule has 2 fully saturated rings. The van der Waals surface area contributed by atoms with Gasteiger partial charge >= 0.3 is 0 Å². The van der Waals surface area contributed by atoms with Crippen LogP contribution in [0.1, 0.15) is 66.8 Å². The highest BCUT2D eigenvalue weighted by Gasteiger charge is 2.38. The molecule has 1 saturated heterocycles. The number of fused-ring (bicyclic) bond motifs is 2. The van der Waals surface area contributed by atoms with Gasteiger partial charge in [-0.15, -0.1) is 0 Å². The summed E-state index contributed by atoms with van der Waals surface area (Å²) in [7, 11) is 1.77. The number of ether oxygens (including phenoxy) is 1. The first-order chi connectivity index (χ1) is 16.4. The lowest BCUT2D eigenvalue weighted by Gasteiger charge is -2.39. The van der Waals surface area contributed by atoms with E-state index in [1.807, 2.05) is 12.3 Å². The minimum atomic E-state index is 0.116. The number of aryl methyl sites for hydroxylation is 2. The second kappa shape index (κ2) is 10.6. The smallest absolute Gasteiger partial charge is 0.225 e. The van der Waals surface area contributed by atoms with Crippen LogP contribution in [0.3, 0.4) is 0 Å². The fourth-order valence-corrected chi connectivity index (χ4v) is 7.82. The Labute approximate surface area is 224 Å². The second-order valence-corrected chi connectivity index (χ2v) is 12.2. The molecule has 182 valence electrons. The highest BCUT2D eigenvalue weighted by molar-refractivity contribution is 9.10. The van der Waals surface area contributed by atoms with Gasteiger partial charge in [0.2, 0.25) is 5.91 Å². The molecular weight excluding hydrogens is 580 g/mol. The molecule has 7 heteroatoms. The first kappa shape index (κ1) is 24.7. The number of nitrogens with zero attached hydrogens (tertiary/aromatic N) is 2. The molecule has 34 heavy (non-hydrogen) atoms. The van der Waals surface area contributed by atoms with Crippen LogP contribution in [-0.4, -0.2) is 42.1 Å². The third-order valence-electron chi connectivity index (χ3n) is 8.05. The van der Waals surface area contributed by atoms with Gasteiger partial charge in [0.05, 0.1) is 11.8 Å². The standard InChI is InChI=1S/C27H31Br2ClN2O2/c1-34-22-4-2-3-19(13-22)27(33)32-9-7-16(8-10-32)25-24-17(12-21(30)14-23(24)29)5-6-18-11-20(28)15-31-26(18)25/h11-12,14-16,19,22,25H,2-10,13H2,1H3/t19-,22-,25+/m0/s1. The minimum Gasteiger partial charge on any atom is -0.381 e. The Morgan fingerprint density at radius 2 is 1.85 bits per heavy atom. The van der Waals surface area contributed by atoms with Crippen molar-refractivity contribution in [3.63, 3.8) is 0 Å². The molecule has 3 atom stereocenters. The van der Waals surface area contributed by atoms with E-state index in [-0.39, 0.29) is 17.9 Å². The van der Waals surface area contributed by atoms with E-state index >= 15 is 0 Å². The molecule has 0 unspecified atom stereocenters. The maximum Gasteiger partial charge on any atom is 0.225 e. The van der Waals surface area contributed by atoms with Gasteiger partial charge in [-0.05, 0) is 102 Å². The van der Waals surface area contributed by atoms with E-state index < -0.39 is 0 Å². The van der Waals surface area contributed by atoms with Crippen molar-refractivity contribution in [1.29, 1.82) is 0 Å². The van der Waals surface area contributed by atoms with Crippen molar-refractivity contribution in [2.24, 2.45) is 11.8 Å². The lowest BCUT2D eigenvalue weighted by atomic mass is 9.76. The Morgan fingerprint density at radius 3 is 2.62 bits per heavy atom. The molecule has 0 radical (unpaired) electrons. The molecule has 1 aromatic carbocycles. The van der Waals surface area contributed by atoms with Gasteiger partial charge in [0.15, 0.2) is 0 Å². The number of likely N-dealkylation sites (tertiary alicyclic amines) is 1. The Morgan fingerprint density at radius 1 is 1.09 bits per heavy atom. The molecule has 4 nitrogen and oxygen atoms in total. The second-order valence-electron chi connectivity index (χ2n) is 10.0. The van der Waals surface area contributed by atoms with E-state index in [2.05, 4.69) is 48.9 Å². The molecule has 2 heterocycles. The van der Waals surface area contributed by atoms with Gasteiger partial charge in [-0.2, -0.15) is 0 Å². The monoisotopic (exact) mass is 608 g/mol. The van der Waals surface area contributed by atoms with Crippen LogP contribution < -0.4 is 0 Å². The van der Waals surface area contributed by atoms with Gasteiger partial charge in [0.25, 0.3) is 0 Å². The average molecular weight is 611 g/mol. The summed E-state index contributed by atoms with van der Waals surface area (Å²) in [5.74, 6) is 1.09. The summed E-state index contributed by atoms with van der Waals surface area (Å²) in [5, 5.41) is 0.770. The summed E-state index contributed by atoms with van der Waals surface area (Å²) in [6.45, 7) is 1.64. The fraction of sp³-hybridized carbons (Fsp3) is 0.556. The molecule has 0 spiro atoms. The minimum absolute atomic E-state index is 0.116. The van der Waals surface area contributed by atoms with E-state index in [0.717, 1.165) is 78.4 Å². The number of hydrogen-bond donors (Lipinski definition) is 0. The highest BCUT2D eigenvalue weighted by Crippen LogP contribution is 2.46. The summed E-state index contributed by atoms with van der Waals surface area (Å²) in [6, 6.07) is 6.37. The van der Waals surface area contributed by atoms with Crippen molar-refractivity contribution < 1.29 is 9.53 Å². The molecule has 0 bridgehead atoms. The molecular formula is C27H31Br2ClN2O2. The number of carbonyl (C=O) groups is 1.